The van der Waals surface area contributed by atoms with Crippen molar-refractivity contribution < 1.29 is 5.11 Å². The van der Waals surface area contributed by atoms with Gasteiger partial charge in [-0.1, -0.05) is 35.9 Å². The van der Waals surface area contributed by atoms with Crippen LogP contribution in [0.2, 0.25) is 0 Å². The monoisotopic (exact) mass is 258 g/mol. The molecule has 0 unspecified atom stereocenters. The van der Waals surface area contributed by atoms with Gasteiger partial charge in [0.25, 0.3) is 0 Å². The Bertz CT molecular complexity index is 534. The molecule has 1 nitrogen and oxygen atoms in total. The molecule has 0 fully saturated rings. The highest BCUT2D eigenvalue weighted by molar-refractivity contribution is 7.98. The van der Waals surface area contributed by atoms with Crippen molar-refractivity contribution in [3.8, 4) is 0 Å². The van der Waals surface area contributed by atoms with Gasteiger partial charge in [-0.2, -0.15) is 0 Å². The number of rotatable bonds is 4. The van der Waals surface area contributed by atoms with Gasteiger partial charge in [-0.25, -0.2) is 0 Å². The molecule has 2 aromatic carbocycles. The van der Waals surface area contributed by atoms with Gasteiger partial charge >= 0.3 is 0 Å². The van der Waals surface area contributed by atoms with E-state index in [1.165, 1.54) is 21.6 Å². The number of benzene rings is 2. The second kappa shape index (κ2) is 6.07. The van der Waals surface area contributed by atoms with E-state index < -0.39 is 0 Å². The molecule has 2 aromatic rings. The molecule has 0 saturated carbocycles. The van der Waals surface area contributed by atoms with Crippen molar-refractivity contribution in [1.29, 1.82) is 0 Å². The van der Waals surface area contributed by atoms with Gasteiger partial charge in [0.2, 0.25) is 0 Å². The summed E-state index contributed by atoms with van der Waals surface area (Å²) in [7, 11) is 0. The highest BCUT2D eigenvalue weighted by atomic mass is 32.2. The molecule has 0 atom stereocenters. The molecule has 2 rings (SSSR count). The van der Waals surface area contributed by atoms with Crippen molar-refractivity contribution in [1.82, 2.24) is 0 Å². The molecule has 0 aromatic heterocycles. The summed E-state index contributed by atoms with van der Waals surface area (Å²) >= 11 is 1.81. The minimum atomic E-state index is 0.109. The predicted molar refractivity (Wildman–Crippen MR) is 77.8 cm³/mol. The maximum Gasteiger partial charge on any atom is 0.0682 e. The quantitative estimate of drug-likeness (QED) is 0.834. The van der Waals surface area contributed by atoms with Gasteiger partial charge in [-0.3, -0.25) is 0 Å². The van der Waals surface area contributed by atoms with E-state index in [1.807, 2.05) is 23.9 Å². The Morgan fingerprint density at radius 3 is 2.67 bits per heavy atom. The van der Waals surface area contributed by atoms with Crippen LogP contribution in [0.3, 0.4) is 0 Å². The fourth-order valence-corrected chi connectivity index (χ4v) is 2.89. The smallest absolute Gasteiger partial charge is 0.0682 e. The molecule has 0 amide bonds. The summed E-state index contributed by atoms with van der Waals surface area (Å²) in [6, 6.07) is 14.7. The molecule has 0 aliphatic carbocycles. The highest BCUT2D eigenvalue weighted by Crippen LogP contribution is 2.25. The zero-order chi connectivity index (χ0) is 13.0. The first kappa shape index (κ1) is 13.2. The average molecular weight is 258 g/mol. The van der Waals surface area contributed by atoms with Crippen LogP contribution >= 0.6 is 11.8 Å². The van der Waals surface area contributed by atoms with Crippen molar-refractivity contribution in [2.75, 3.05) is 0 Å². The number of thioether (sulfide) groups is 1. The van der Waals surface area contributed by atoms with E-state index >= 15 is 0 Å². The van der Waals surface area contributed by atoms with E-state index in [0.717, 1.165) is 11.3 Å². The summed E-state index contributed by atoms with van der Waals surface area (Å²) in [4.78, 5) is 1.21. The lowest BCUT2D eigenvalue weighted by atomic mass is 10.1. The van der Waals surface area contributed by atoms with Crippen molar-refractivity contribution >= 4 is 11.8 Å². The lowest BCUT2D eigenvalue weighted by Crippen LogP contribution is -1.88. The van der Waals surface area contributed by atoms with E-state index in [9.17, 15) is 0 Å². The molecule has 0 heterocycles. The molecular formula is C16H18OS. The first-order valence-electron chi connectivity index (χ1n) is 6.08. The Morgan fingerprint density at radius 2 is 1.89 bits per heavy atom. The van der Waals surface area contributed by atoms with Gasteiger partial charge in [0, 0.05) is 10.6 Å². The van der Waals surface area contributed by atoms with Crippen LogP contribution in [0.4, 0.5) is 0 Å². The molecule has 0 radical (unpaired) electrons. The molecule has 0 bridgehead atoms. The molecule has 0 spiro atoms. The molecule has 18 heavy (non-hydrogen) atoms. The Hall–Kier alpha value is -1.25. The zero-order valence-electron chi connectivity index (χ0n) is 10.8. The van der Waals surface area contributed by atoms with Crippen LogP contribution in [0.15, 0.2) is 47.4 Å². The van der Waals surface area contributed by atoms with E-state index in [0.29, 0.717) is 0 Å². The number of hydrogen-bond donors (Lipinski definition) is 1. The highest BCUT2D eigenvalue weighted by Gasteiger charge is 2.01. The van der Waals surface area contributed by atoms with Gasteiger partial charge in [0.05, 0.1) is 6.61 Å². The number of hydrogen-bond acceptors (Lipinski definition) is 2. The van der Waals surface area contributed by atoms with Crippen molar-refractivity contribution in [3.63, 3.8) is 0 Å². The second-order valence-corrected chi connectivity index (χ2v) is 5.57. The Morgan fingerprint density at radius 1 is 1.06 bits per heavy atom. The summed E-state index contributed by atoms with van der Waals surface area (Å²) < 4.78 is 0. The van der Waals surface area contributed by atoms with Gasteiger partial charge in [0.15, 0.2) is 0 Å². The van der Waals surface area contributed by atoms with Crippen LogP contribution in [0.5, 0.6) is 0 Å². The number of aryl methyl sites for hydroxylation is 2. The summed E-state index contributed by atoms with van der Waals surface area (Å²) in [5, 5.41) is 9.12. The van der Waals surface area contributed by atoms with Crippen LogP contribution in [0.1, 0.15) is 22.3 Å². The normalized spacial score (nSPS) is 10.6. The van der Waals surface area contributed by atoms with Crippen molar-refractivity contribution in [2.45, 2.75) is 31.1 Å². The lowest BCUT2D eigenvalue weighted by Gasteiger charge is -2.07. The first-order valence-corrected chi connectivity index (χ1v) is 7.06. The van der Waals surface area contributed by atoms with Gasteiger partial charge < -0.3 is 5.11 Å². The first-order chi connectivity index (χ1) is 8.69. The minimum absolute atomic E-state index is 0.109. The summed E-state index contributed by atoms with van der Waals surface area (Å²) in [6.07, 6.45) is 0. The molecule has 1 N–H and O–H groups in total. The van der Waals surface area contributed by atoms with Crippen molar-refractivity contribution in [3.05, 3.63) is 64.7 Å². The third kappa shape index (κ3) is 3.37. The summed E-state index contributed by atoms with van der Waals surface area (Å²) in [5.41, 5.74) is 5.00. The van der Waals surface area contributed by atoms with Crippen LogP contribution in [0.25, 0.3) is 0 Å². The van der Waals surface area contributed by atoms with Gasteiger partial charge in [-0.05, 0) is 42.7 Å². The Kier molecular flexibility index (Phi) is 4.45. The van der Waals surface area contributed by atoms with Crippen LogP contribution in [-0.4, -0.2) is 5.11 Å². The molecule has 94 valence electrons. The van der Waals surface area contributed by atoms with Gasteiger partial charge in [-0.15, -0.1) is 11.8 Å². The molecule has 2 heteroatoms. The third-order valence-corrected chi connectivity index (χ3v) is 4.02. The number of aliphatic hydroxyl groups is 1. The second-order valence-electron chi connectivity index (χ2n) is 4.52. The maximum atomic E-state index is 9.12. The third-order valence-electron chi connectivity index (χ3n) is 2.98. The van der Waals surface area contributed by atoms with E-state index in [4.69, 9.17) is 5.11 Å². The molecule has 0 aliphatic heterocycles. The predicted octanol–water partition coefficient (Wildman–Crippen LogP) is 4.09. The van der Waals surface area contributed by atoms with Crippen molar-refractivity contribution in [2.24, 2.45) is 0 Å². The van der Waals surface area contributed by atoms with E-state index in [1.54, 1.807) is 0 Å². The lowest BCUT2D eigenvalue weighted by molar-refractivity contribution is 0.281. The van der Waals surface area contributed by atoms with E-state index in [-0.39, 0.29) is 6.61 Å². The van der Waals surface area contributed by atoms with Gasteiger partial charge in [0.1, 0.15) is 0 Å². The topological polar surface area (TPSA) is 20.2 Å². The fourth-order valence-electron chi connectivity index (χ4n) is 1.85. The molecular weight excluding hydrogens is 240 g/mol. The molecule has 0 saturated heterocycles. The molecule has 0 aliphatic rings. The number of aliphatic hydroxyl groups excluding tert-OH is 1. The maximum absolute atomic E-state index is 9.12. The van der Waals surface area contributed by atoms with Crippen LogP contribution in [0, 0.1) is 13.8 Å². The summed E-state index contributed by atoms with van der Waals surface area (Å²) in [6.45, 7) is 4.39. The standard InChI is InChI=1S/C16H18OS/c1-12-6-7-13(2)15(8-12)11-18-16-5-3-4-14(9-16)10-17/h3-9,17H,10-11H2,1-2H3. The largest absolute Gasteiger partial charge is 0.392 e. The fraction of sp³-hybridized carbons (Fsp3) is 0.250. The SMILES string of the molecule is Cc1ccc(C)c(CSc2cccc(CO)c2)c1. The minimum Gasteiger partial charge on any atom is -0.392 e. The van der Waals surface area contributed by atoms with E-state index in [2.05, 4.69) is 44.2 Å². The summed E-state index contributed by atoms with van der Waals surface area (Å²) in [5.74, 6) is 0.975. The zero-order valence-corrected chi connectivity index (χ0v) is 11.6. The van der Waals surface area contributed by atoms with Crippen LogP contribution < -0.4 is 0 Å². The van der Waals surface area contributed by atoms with Crippen LogP contribution in [-0.2, 0) is 12.4 Å². The Balaban J connectivity index is 2.08. The Labute approximate surface area is 113 Å². The average Bonchev–Trinajstić information content (AvgIpc) is 2.40.